The van der Waals surface area contributed by atoms with E-state index in [4.69, 9.17) is 9.47 Å². The summed E-state index contributed by atoms with van der Waals surface area (Å²) in [5, 5.41) is 0. The average Bonchev–Trinajstić information content (AvgIpc) is 2.23. The van der Waals surface area contributed by atoms with Gasteiger partial charge in [0.25, 0.3) is 0 Å². The summed E-state index contributed by atoms with van der Waals surface area (Å²) in [5.74, 6) is 1.40. The van der Waals surface area contributed by atoms with Crippen LogP contribution in [0.2, 0.25) is 0 Å². The van der Waals surface area contributed by atoms with Crippen LogP contribution in [0.4, 0.5) is 0 Å². The van der Waals surface area contributed by atoms with Crippen molar-refractivity contribution in [2.24, 2.45) is 11.8 Å². The fraction of sp³-hybridized carbons (Fsp3) is 0.846. The Kier molecular flexibility index (Phi) is 9.96. The quantitative estimate of drug-likeness (QED) is 0.433. The molecule has 0 aliphatic carbocycles. The van der Waals surface area contributed by atoms with Crippen LogP contribution in [0.15, 0.2) is 12.2 Å². The van der Waals surface area contributed by atoms with Crippen LogP contribution in [0.3, 0.4) is 0 Å². The molecule has 2 unspecified atom stereocenters. The van der Waals surface area contributed by atoms with Crippen molar-refractivity contribution < 1.29 is 9.47 Å². The summed E-state index contributed by atoms with van der Waals surface area (Å²) < 4.78 is 10.4. The molecule has 0 heterocycles. The first-order valence-electron chi connectivity index (χ1n) is 5.95. The summed E-state index contributed by atoms with van der Waals surface area (Å²) in [4.78, 5) is 0. The molecule has 0 aliphatic heterocycles. The zero-order valence-electron chi connectivity index (χ0n) is 10.7. The number of allylic oxidation sites excluding steroid dienone is 2. The molecule has 0 rings (SSSR count). The van der Waals surface area contributed by atoms with Gasteiger partial charge in [0, 0.05) is 13.7 Å². The summed E-state index contributed by atoms with van der Waals surface area (Å²) in [7, 11) is 1.70. The lowest BCUT2D eigenvalue weighted by atomic mass is 9.89. The van der Waals surface area contributed by atoms with Gasteiger partial charge in [-0.3, -0.25) is 0 Å². The van der Waals surface area contributed by atoms with E-state index >= 15 is 0 Å². The summed E-state index contributed by atoms with van der Waals surface area (Å²) in [6, 6.07) is 0. The van der Waals surface area contributed by atoms with E-state index in [0.717, 1.165) is 18.9 Å². The van der Waals surface area contributed by atoms with E-state index in [1.54, 1.807) is 7.11 Å². The standard InChI is InChI=1S/C13H26O2/c1-5-7-12(3)13(6-2)8-9-15-11-10-14-4/h5,7,12-13H,6,8-11H2,1-4H3. The number of methoxy groups -OCH3 is 1. The van der Waals surface area contributed by atoms with Crippen molar-refractivity contribution in [3.05, 3.63) is 12.2 Å². The normalized spacial score (nSPS) is 15.7. The van der Waals surface area contributed by atoms with Gasteiger partial charge in [0.1, 0.15) is 0 Å². The molecule has 2 atom stereocenters. The van der Waals surface area contributed by atoms with Crippen LogP contribution >= 0.6 is 0 Å². The third-order valence-corrected chi connectivity index (χ3v) is 2.83. The Bertz CT molecular complexity index is 155. The SMILES string of the molecule is CC=CC(C)C(CC)CCOCCOC. The summed E-state index contributed by atoms with van der Waals surface area (Å²) in [6.07, 6.45) is 6.79. The highest BCUT2D eigenvalue weighted by Gasteiger charge is 2.12. The van der Waals surface area contributed by atoms with Crippen LogP contribution < -0.4 is 0 Å². The Labute approximate surface area is 94.7 Å². The zero-order chi connectivity index (χ0) is 11.5. The minimum atomic E-state index is 0.658. The van der Waals surface area contributed by atoms with E-state index in [0.29, 0.717) is 19.1 Å². The first-order chi connectivity index (χ1) is 7.26. The van der Waals surface area contributed by atoms with E-state index in [9.17, 15) is 0 Å². The molecular weight excluding hydrogens is 188 g/mol. The van der Waals surface area contributed by atoms with Crippen molar-refractivity contribution in [2.75, 3.05) is 26.9 Å². The second-order valence-corrected chi connectivity index (χ2v) is 3.95. The number of hydrogen-bond acceptors (Lipinski definition) is 2. The third-order valence-electron chi connectivity index (χ3n) is 2.83. The van der Waals surface area contributed by atoms with E-state index < -0.39 is 0 Å². The molecule has 0 fully saturated rings. The molecule has 0 bridgehead atoms. The van der Waals surface area contributed by atoms with Crippen molar-refractivity contribution in [3.8, 4) is 0 Å². The third kappa shape index (κ3) is 7.57. The highest BCUT2D eigenvalue weighted by atomic mass is 16.5. The highest BCUT2D eigenvalue weighted by molar-refractivity contribution is 4.86. The number of hydrogen-bond donors (Lipinski definition) is 0. The lowest BCUT2D eigenvalue weighted by Crippen LogP contribution is -2.13. The Morgan fingerprint density at radius 1 is 1.20 bits per heavy atom. The Hall–Kier alpha value is -0.340. The number of ether oxygens (including phenoxy) is 2. The monoisotopic (exact) mass is 214 g/mol. The van der Waals surface area contributed by atoms with E-state index in [1.807, 2.05) is 0 Å². The smallest absolute Gasteiger partial charge is 0.0700 e. The van der Waals surface area contributed by atoms with Gasteiger partial charge in [-0.15, -0.1) is 0 Å². The van der Waals surface area contributed by atoms with Gasteiger partial charge in [0.05, 0.1) is 13.2 Å². The van der Waals surface area contributed by atoms with Gasteiger partial charge in [0.15, 0.2) is 0 Å². The topological polar surface area (TPSA) is 18.5 Å². The second kappa shape index (κ2) is 10.2. The van der Waals surface area contributed by atoms with Crippen molar-refractivity contribution in [2.45, 2.75) is 33.6 Å². The molecule has 0 aliphatic rings. The second-order valence-electron chi connectivity index (χ2n) is 3.95. The Morgan fingerprint density at radius 3 is 2.47 bits per heavy atom. The molecule has 0 aromatic heterocycles. The van der Waals surface area contributed by atoms with Crippen molar-refractivity contribution in [1.82, 2.24) is 0 Å². The maximum atomic E-state index is 5.49. The summed E-state index contributed by atoms with van der Waals surface area (Å²) >= 11 is 0. The van der Waals surface area contributed by atoms with Crippen LogP contribution in [-0.2, 0) is 9.47 Å². The fourth-order valence-electron chi connectivity index (χ4n) is 1.78. The molecule has 2 nitrogen and oxygen atoms in total. The first kappa shape index (κ1) is 14.7. The van der Waals surface area contributed by atoms with Gasteiger partial charge in [-0.1, -0.05) is 32.4 Å². The molecule has 0 aromatic carbocycles. The minimum Gasteiger partial charge on any atom is -0.382 e. The van der Waals surface area contributed by atoms with Crippen LogP contribution in [0.1, 0.15) is 33.6 Å². The van der Waals surface area contributed by atoms with E-state index in [1.165, 1.54) is 6.42 Å². The van der Waals surface area contributed by atoms with Gasteiger partial charge in [-0.2, -0.15) is 0 Å². The molecule has 0 N–H and O–H groups in total. The molecule has 0 amide bonds. The molecule has 90 valence electrons. The average molecular weight is 214 g/mol. The van der Waals surface area contributed by atoms with Gasteiger partial charge in [-0.25, -0.2) is 0 Å². The van der Waals surface area contributed by atoms with Crippen LogP contribution in [0.5, 0.6) is 0 Å². The molecule has 0 spiro atoms. The Balaban J connectivity index is 3.61. The van der Waals surface area contributed by atoms with E-state index in [-0.39, 0.29) is 0 Å². The van der Waals surface area contributed by atoms with Gasteiger partial charge < -0.3 is 9.47 Å². The lowest BCUT2D eigenvalue weighted by Gasteiger charge is -2.19. The maximum Gasteiger partial charge on any atom is 0.0700 e. The summed E-state index contributed by atoms with van der Waals surface area (Å²) in [6.45, 7) is 8.87. The highest BCUT2D eigenvalue weighted by Crippen LogP contribution is 2.20. The van der Waals surface area contributed by atoms with Crippen molar-refractivity contribution in [3.63, 3.8) is 0 Å². The van der Waals surface area contributed by atoms with Crippen molar-refractivity contribution in [1.29, 1.82) is 0 Å². The lowest BCUT2D eigenvalue weighted by molar-refractivity contribution is 0.0612. The van der Waals surface area contributed by atoms with Crippen molar-refractivity contribution >= 4 is 0 Å². The predicted octanol–water partition coefficient (Wildman–Crippen LogP) is 3.28. The van der Waals surface area contributed by atoms with Crippen LogP contribution in [0, 0.1) is 11.8 Å². The molecule has 0 aromatic rings. The Morgan fingerprint density at radius 2 is 1.93 bits per heavy atom. The predicted molar refractivity (Wildman–Crippen MR) is 65.1 cm³/mol. The van der Waals surface area contributed by atoms with Crippen LogP contribution in [-0.4, -0.2) is 26.9 Å². The minimum absolute atomic E-state index is 0.658. The molecule has 0 saturated heterocycles. The molecule has 0 radical (unpaired) electrons. The molecule has 15 heavy (non-hydrogen) atoms. The largest absolute Gasteiger partial charge is 0.382 e. The van der Waals surface area contributed by atoms with Crippen LogP contribution in [0.25, 0.3) is 0 Å². The zero-order valence-corrected chi connectivity index (χ0v) is 10.7. The van der Waals surface area contributed by atoms with Gasteiger partial charge in [0.2, 0.25) is 0 Å². The fourth-order valence-corrected chi connectivity index (χ4v) is 1.78. The van der Waals surface area contributed by atoms with Gasteiger partial charge in [-0.05, 0) is 25.2 Å². The summed E-state index contributed by atoms with van der Waals surface area (Å²) in [5.41, 5.74) is 0. The molecule has 2 heteroatoms. The van der Waals surface area contributed by atoms with Gasteiger partial charge >= 0.3 is 0 Å². The molecule has 0 saturated carbocycles. The first-order valence-corrected chi connectivity index (χ1v) is 5.95. The molecular formula is C13H26O2. The maximum absolute atomic E-state index is 5.49. The number of rotatable bonds is 9. The van der Waals surface area contributed by atoms with E-state index in [2.05, 4.69) is 32.9 Å².